The molecule has 112 valence electrons. The SMILES string of the molecule is CCCCc1ccc(-c2ccc(CCCC)cc2F)cc1. The molecule has 21 heavy (non-hydrogen) atoms. The molecule has 0 saturated carbocycles. The van der Waals surface area contributed by atoms with E-state index >= 15 is 0 Å². The van der Waals surface area contributed by atoms with Crippen LogP contribution in [0.4, 0.5) is 4.39 Å². The first-order valence-corrected chi connectivity index (χ1v) is 8.12. The van der Waals surface area contributed by atoms with Gasteiger partial charge in [-0.3, -0.25) is 0 Å². The zero-order chi connectivity index (χ0) is 15.1. The summed E-state index contributed by atoms with van der Waals surface area (Å²) < 4.78 is 14.3. The summed E-state index contributed by atoms with van der Waals surface area (Å²) in [4.78, 5) is 0. The van der Waals surface area contributed by atoms with Crippen molar-refractivity contribution < 1.29 is 4.39 Å². The Hall–Kier alpha value is -1.63. The average molecular weight is 284 g/mol. The minimum atomic E-state index is -0.107. The number of aryl methyl sites for hydroxylation is 2. The Kier molecular flexibility index (Phi) is 5.98. The zero-order valence-corrected chi connectivity index (χ0v) is 13.2. The maximum absolute atomic E-state index is 14.3. The lowest BCUT2D eigenvalue weighted by molar-refractivity contribution is 0.627. The van der Waals surface area contributed by atoms with Crippen LogP contribution < -0.4 is 0 Å². The van der Waals surface area contributed by atoms with Gasteiger partial charge in [0.05, 0.1) is 0 Å². The third-order valence-electron chi connectivity index (χ3n) is 3.94. The van der Waals surface area contributed by atoms with Crippen LogP contribution in [0.2, 0.25) is 0 Å². The second kappa shape index (κ2) is 7.97. The van der Waals surface area contributed by atoms with Gasteiger partial charge in [-0.05, 0) is 48.4 Å². The van der Waals surface area contributed by atoms with Crippen molar-refractivity contribution in [2.75, 3.05) is 0 Å². The molecule has 0 nitrogen and oxygen atoms in total. The fourth-order valence-electron chi connectivity index (χ4n) is 2.56. The highest BCUT2D eigenvalue weighted by Gasteiger charge is 2.06. The molecule has 0 aliphatic heterocycles. The predicted octanol–water partition coefficient (Wildman–Crippen LogP) is 6.18. The Balaban J connectivity index is 2.13. The maximum atomic E-state index is 14.3. The molecular weight excluding hydrogens is 259 g/mol. The zero-order valence-electron chi connectivity index (χ0n) is 13.2. The first-order valence-electron chi connectivity index (χ1n) is 8.12. The Morgan fingerprint density at radius 1 is 0.762 bits per heavy atom. The summed E-state index contributed by atoms with van der Waals surface area (Å²) in [5.41, 5.74) is 4.10. The second-order valence-electron chi connectivity index (χ2n) is 5.72. The highest BCUT2D eigenvalue weighted by molar-refractivity contribution is 5.64. The third kappa shape index (κ3) is 4.42. The molecule has 0 fully saturated rings. The predicted molar refractivity (Wildman–Crippen MR) is 89.1 cm³/mol. The summed E-state index contributed by atoms with van der Waals surface area (Å²) in [7, 11) is 0. The van der Waals surface area contributed by atoms with Gasteiger partial charge in [-0.25, -0.2) is 4.39 Å². The van der Waals surface area contributed by atoms with Crippen molar-refractivity contribution >= 4 is 0 Å². The maximum Gasteiger partial charge on any atom is 0.131 e. The highest BCUT2D eigenvalue weighted by Crippen LogP contribution is 2.25. The molecule has 2 aromatic rings. The molecule has 1 heteroatoms. The van der Waals surface area contributed by atoms with Gasteiger partial charge in [0, 0.05) is 5.56 Å². The topological polar surface area (TPSA) is 0 Å². The molecule has 0 aliphatic carbocycles. The molecule has 2 aromatic carbocycles. The van der Waals surface area contributed by atoms with E-state index in [-0.39, 0.29) is 5.82 Å². The van der Waals surface area contributed by atoms with Crippen LogP contribution >= 0.6 is 0 Å². The fraction of sp³-hybridized carbons (Fsp3) is 0.400. The first-order chi connectivity index (χ1) is 10.2. The van der Waals surface area contributed by atoms with Crippen molar-refractivity contribution in [3.63, 3.8) is 0 Å². The summed E-state index contributed by atoms with van der Waals surface area (Å²) >= 11 is 0. The highest BCUT2D eigenvalue weighted by atomic mass is 19.1. The van der Waals surface area contributed by atoms with Gasteiger partial charge in [-0.1, -0.05) is 63.1 Å². The number of halogens is 1. The molecule has 0 saturated heterocycles. The Bertz CT molecular complexity index is 555. The van der Waals surface area contributed by atoms with E-state index in [0.717, 1.165) is 36.8 Å². The lowest BCUT2D eigenvalue weighted by atomic mass is 9.99. The molecule has 0 spiro atoms. The number of hydrogen-bond acceptors (Lipinski definition) is 0. The lowest BCUT2D eigenvalue weighted by Crippen LogP contribution is -1.91. The molecule has 0 radical (unpaired) electrons. The molecule has 0 unspecified atom stereocenters. The fourth-order valence-corrected chi connectivity index (χ4v) is 2.56. The van der Waals surface area contributed by atoms with Gasteiger partial charge < -0.3 is 0 Å². The molecule has 0 amide bonds. The summed E-state index contributed by atoms with van der Waals surface area (Å²) in [5.74, 6) is -0.107. The van der Waals surface area contributed by atoms with E-state index in [1.165, 1.54) is 18.4 Å². The molecule has 0 atom stereocenters. The van der Waals surface area contributed by atoms with Crippen molar-refractivity contribution in [1.82, 2.24) is 0 Å². The van der Waals surface area contributed by atoms with Crippen molar-refractivity contribution in [1.29, 1.82) is 0 Å². The third-order valence-corrected chi connectivity index (χ3v) is 3.94. The largest absolute Gasteiger partial charge is 0.206 e. The molecule has 0 bridgehead atoms. The monoisotopic (exact) mass is 284 g/mol. The number of hydrogen-bond donors (Lipinski definition) is 0. The van der Waals surface area contributed by atoms with Crippen LogP contribution in [0.15, 0.2) is 42.5 Å². The van der Waals surface area contributed by atoms with Crippen molar-refractivity contribution in [2.45, 2.75) is 52.4 Å². The molecule has 0 N–H and O–H groups in total. The van der Waals surface area contributed by atoms with E-state index < -0.39 is 0 Å². The van der Waals surface area contributed by atoms with Crippen LogP contribution in [-0.4, -0.2) is 0 Å². The van der Waals surface area contributed by atoms with Crippen LogP contribution in [-0.2, 0) is 12.8 Å². The van der Waals surface area contributed by atoms with Gasteiger partial charge in [0.15, 0.2) is 0 Å². The average Bonchev–Trinajstić information content (AvgIpc) is 2.52. The van der Waals surface area contributed by atoms with Crippen LogP contribution in [0.1, 0.15) is 50.7 Å². The van der Waals surface area contributed by atoms with Crippen LogP contribution in [0.3, 0.4) is 0 Å². The van der Waals surface area contributed by atoms with E-state index in [1.807, 2.05) is 18.2 Å². The van der Waals surface area contributed by atoms with Gasteiger partial charge in [-0.15, -0.1) is 0 Å². The Morgan fingerprint density at radius 3 is 1.90 bits per heavy atom. The van der Waals surface area contributed by atoms with Gasteiger partial charge in [-0.2, -0.15) is 0 Å². The molecule has 2 rings (SSSR count). The summed E-state index contributed by atoms with van der Waals surface area (Å²) in [6, 6.07) is 14.0. The Labute approximate surface area is 128 Å². The molecule has 0 aromatic heterocycles. The minimum absolute atomic E-state index is 0.107. The number of benzene rings is 2. The Morgan fingerprint density at radius 2 is 1.33 bits per heavy atom. The quantitative estimate of drug-likeness (QED) is 0.569. The van der Waals surface area contributed by atoms with Crippen molar-refractivity contribution in [3.8, 4) is 11.1 Å². The van der Waals surface area contributed by atoms with E-state index in [1.54, 1.807) is 6.07 Å². The van der Waals surface area contributed by atoms with E-state index in [2.05, 4.69) is 32.0 Å². The van der Waals surface area contributed by atoms with Crippen molar-refractivity contribution in [2.24, 2.45) is 0 Å². The van der Waals surface area contributed by atoms with E-state index in [4.69, 9.17) is 0 Å². The van der Waals surface area contributed by atoms with Gasteiger partial charge in [0.2, 0.25) is 0 Å². The minimum Gasteiger partial charge on any atom is -0.206 e. The van der Waals surface area contributed by atoms with E-state index in [9.17, 15) is 4.39 Å². The molecule has 0 heterocycles. The van der Waals surface area contributed by atoms with E-state index in [0.29, 0.717) is 5.56 Å². The smallest absolute Gasteiger partial charge is 0.131 e. The molecule has 0 aliphatic rings. The summed E-state index contributed by atoms with van der Waals surface area (Å²) in [6.45, 7) is 4.36. The first kappa shape index (κ1) is 15.8. The van der Waals surface area contributed by atoms with Gasteiger partial charge >= 0.3 is 0 Å². The normalized spacial score (nSPS) is 10.8. The van der Waals surface area contributed by atoms with Crippen LogP contribution in [0.25, 0.3) is 11.1 Å². The van der Waals surface area contributed by atoms with Crippen LogP contribution in [0.5, 0.6) is 0 Å². The summed E-state index contributed by atoms with van der Waals surface area (Å²) in [5, 5.41) is 0. The van der Waals surface area contributed by atoms with Gasteiger partial charge in [0.1, 0.15) is 5.82 Å². The molecular formula is C20H25F. The summed E-state index contributed by atoms with van der Waals surface area (Å²) in [6.07, 6.45) is 6.74. The lowest BCUT2D eigenvalue weighted by Gasteiger charge is -2.08. The standard InChI is InChI=1S/C20H25F/c1-3-5-7-16-9-12-18(13-10-16)19-14-11-17(8-6-4-2)15-20(19)21/h9-15H,3-8H2,1-2H3. The van der Waals surface area contributed by atoms with Gasteiger partial charge in [0.25, 0.3) is 0 Å². The van der Waals surface area contributed by atoms with Crippen molar-refractivity contribution in [3.05, 3.63) is 59.4 Å². The van der Waals surface area contributed by atoms with Crippen LogP contribution in [0, 0.1) is 5.82 Å². The number of rotatable bonds is 7. The second-order valence-corrected chi connectivity index (χ2v) is 5.72. The number of unbranched alkanes of at least 4 members (excludes halogenated alkanes) is 2.